The van der Waals surface area contributed by atoms with Crippen LogP contribution in [0.5, 0.6) is 5.75 Å². The molecule has 0 amide bonds. The summed E-state index contributed by atoms with van der Waals surface area (Å²) < 4.78 is 11.3. The van der Waals surface area contributed by atoms with E-state index in [-0.39, 0.29) is 0 Å². The summed E-state index contributed by atoms with van der Waals surface area (Å²) in [6, 6.07) is 6.51. The van der Waals surface area contributed by atoms with Crippen molar-refractivity contribution in [3.63, 3.8) is 0 Å². The first-order valence-corrected chi connectivity index (χ1v) is 7.93. The Hall–Kier alpha value is -1.06. The Kier molecular flexibility index (Phi) is 6.89. The Morgan fingerprint density at radius 2 is 1.90 bits per heavy atom. The summed E-state index contributed by atoms with van der Waals surface area (Å²) in [5.41, 5.74) is 2.97. The van der Waals surface area contributed by atoms with Crippen molar-refractivity contribution in [1.29, 1.82) is 0 Å². The zero-order valence-corrected chi connectivity index (χ0v) is 12.6. The number of aryl methyl sites for hydroxylation is 2. The molecule has 2 rings (SSSR count). The summed E-state index contributed by atoms with van der Waals surface area (Å²) in [6.45, 7) is 6.33. The second-order valence-corrected chi connectivity index (χ2v) is 5.35. The van der Waals surface area contributed by atoms with Gasteiger partial charge in [0, 0.05) is 19.7 Å². The third kappa shape index (κ3) is 5.14. The summed E-state index contributed by atoms with van der Waals surface area (Å²) in [5.74, 6) is 1.01. The molecule has 3 nitrogen and oxygen atoms in total. The predicted molar refractivity (Wildman–Crippen MR) is 82.6 cm³/mol. The van der Waals surface area contributed by atoms with Gasteiger partial charge in [-0.25, -0.2) is 0 Å². The molecule has 0 spiro atoms. The summed E-state index contributed by atoms with van der Waals surface area (Å²) in [4.78, 5) is 0. The van der Waals surface area contributed by atoms with E-state index in [4.69, 9.17) is 9.47 Å². The Balaban J connectivity index is 1.51. The van der Waals surface area contributed by atoms with Crippen LogP contribution in [0.15, 0.2) is 18.2 Å². The van der Waals surface area contributed by atoms with Gasteiger partial charge in [-0.2, -0.15) is 0 Å². The Morgan fingerprint density at radius 3 is 2.80 bits per heavy atom. The topological polar surface area (TPSA) is 30.5 Å². The fourth-order valence-corrected chi connectivity index (χ4v) is 2.50. The molecule has 0 radical (unpaired) electrons. The summed E-state index contributed by atoms with van der Waals surface area (Å²) >= 11 is 0. The minimum atomic E-state index is 0.716. The van der Waals surface area contributed by atoms with Crippen molar-refractivity contribution in [3.8, 4) is 5.75 Å². The van der Waals surface area contributed by atoms with Crippen LogP contribution in [0.1, 0.15) is 37.3 Å². The molecule has 0 unspecified atom stereocenters. The number of benzene rings is 1. The number of rotatable bonds is 10. The van der Waals surface area contributed by atoms with Gasteiger partial charge in [0.25, 0.3) is 0 Å². The van der Waals surface area contributed by atoms with Gasteiger partial charge in [0.15, 0.2) is 0 Å². The quantitative estimate of drug-likeness (QED) is 0.667. The molecule has 112 valence electrons. The third-order valence-electron chi connectivity index (χ3n) is 3.68. The van der Waals surface area contributed by atoms with Crippen LogP contribution < -0.4 is 10.1 Å². The highest BCUT2D eigenvalue weighted by atomic mass is 16.5. The Bertz CT molecular complexity index is 393. The van der Waals surface area contributed by atoms with E-state index in [1.54, 1.807) is 0 Å². The molecule has 3 heteroatoms. The average Bonchev–Trinajstić information content (AvgIpc) is 2.93. The number of hydrogen-bond acceptors (Lipinski definition) is 3. The number of nitrogens with one attached hydrogen (secondary N) is 1. The van der Waals surface area contributed by atoms with Crippen LogP contribution in [0.3, 0.4) is 0 Å². The molecule has 0 bridgehead atoms. The van der Waals surface area contributed by atoms with Gasteiger partial charge in [0.2, 0.25) is 0 Å². The van der Waals surface area contributed by atoms with E-state index in [0.717, 1.165) is 38.5 Å². The number of ether oxygens (including phenoxy) is 2. The van der Waals surface area contributed by atoms with Crippen molar-refractivity contribution < 1.29 is 9.47 Å². The molecule has 20 heavy (non-hydrogen) atoms. The normalized spacial score (nSPS) is 13.4. The molecular formula is C17H27NO2. The van der Waals surface area contributed by atoms with Crippen LogP contribution >= 0.6 is 0 Å². The average molecular weight is 277 g/mol. The monoisotopic (exact) mass is 277 g/mol. The molecule has 1 aliphatic rings. The summed E-state index contributed by atoms with van der Waals surface area (Å²) in [5, 5.41) is 3.33. The van der Waals surface area contributed by atoms with Crippen LogP contribution in [-0.2, 0) is 17.6 Å². The van der Waals surface area contributed by atoms with E-state index in [1.165, 1.54) is 36.8 Å². The van der Waals surface area contributed by atoms with Crippen LogP contribution in [0, 0.1) is 0 Å². The first-order chi connectivity index (χ1) is 9.90. The van der Waals surface area contributed by atoms with E-state index in [0.29, 0.717) is 6.61 Å². The lowest BCUT2D eigenvalue weighted by Gasteiger charge is -2.09. The Morgan fingerprint density at radius 1 is 1.05 bits per heavy atom. The highest BCUT2D eigenvalue weighted by molar-refractivity contribution is 5.38. The molecule has 0 heterocycles. The highest BCUT2D eigenvalue weighted by Crippen LogP contribution is 2.25. The molecule has 0 aliphatic heterocycles. The fraction of sp³-hybridized carbons (Fsp3) is 0.647. The van der Waals surface area contributed by atoms with Gasteiger partial charge in [-0.1, -0.05) is 19.4 Å². The first-order valence-electron chi connectivity index (χ1n) is 7.93. The standard InChI is InChI=1S/C17H27NO2/c1-2-3-11-19-12-9-18-10-13-20-17-8-7-15-5-4-6-16(15)14-17/h7-8,14,18H,2-6,9-13H2,1H3. The maximum absolute atomic E-state index is 5.77. The molecule has 0 saturated heterocycles. The molecule has 1 N–H and O–H groups in total. The maximum Gasteiger partial charge on any atom is 0.119 e. The summed E-state index contributed by atoms with van der Waals surface area (Å²) in [7, 11) is 0. The molecule has 0 saturated carbocycles. The van der Waals surface area contributed by atoms with Gasteiger partial charge in [-0.15, -0.1) is 0 Å². The van der Waals surface area contributed by atoms with Crippen molar-refractivity contribution in [2.75, 3.05) is 32.9 Å². The van der Waals surface area contributed by atoms with Crippen molar-refractivity contribution in [2.24, 2.45) is 0 Å². The van der Waals surface area contributed by atoms with Gasteiger partial charge in [-0.05, 0) is 48.9 Å². The van der Waals surface area contributed by atoms with E-state index in [2.05, 4.69) is 30.4 Å². The predicted octanol–water partition coefficient (Wildman–Crippen LogP) is 2.96. The largest absolute Gasteiger partial charge is 0.492 e. The lowest BCUT2D eigenvalue weighted by atomic mass is 10.1. The first kappa shape index (κ1) is 15.3. The van der Waals surface area contributed by atoms with Crippen LogP contribution in [0.4, 0.5) is 0 Å². The van der Waals surface area contributed by atoms with Crippen molar-refractivity contribution in [2.45, 2.75) is 39.0 Å². The SMILES string of the molecule is CCCCOCCNCCOc1ccc2c(c1)CCC2. The van der Waals surface area contributed by atoms with Gasteiger partial charge in [0.1, 0.15) is 12.4 Å². The smallest absolute Gasteiger partial charge is 0.119 e. The lowest BCUT2D eigenvalue weighted by Crippen LogP contribution is -2.25. The molecule has 0 fully saturated rings. The maximum atomic E-state index is 5.77. The number of unbranched alkanes of at least 4 members (excludes halogenated alkanes) is 1. The van der Waals surface area contributed by atoms with Crippen LogP contribution in [0.25, 0.3) is 0 Å². The number of fused-ring (bicyclic) bond motifs is 1. The van der Waals surface area contributed by atoms with E-state index >= 15 is 0 Å². The van der Waals surface area contributed by atoms with Crippen LogP contribution in [-0.4, -0.2) is 32.9 Å². The fourth-order valence-electron chi connectivity index (χ4n) is 2.50. The van der Waals surface area contributed by atoms with Crippen molar-refractivity contribution >= 4 is 0 Å². The Labute approximate surface area is 122 Å². The van der Waals surface area contributed by atoms with Crippen LogP contribution in [0.2, 0.25) is 0 Å². The minimum Gasteiger partial charge on any atom is -0.492 e. The summed E-state index contributed by atoms with van der Waals surface area (Å²) in [6.07, 6.45) is 6.08. The molecular weight excluding hydrogens is 250 g/mol. The van der Waals surface area contributed by atoms with Crippen molar-refractivity contribution in [3.05, 3.63) is 29.3 Å². The molecule has 0 aromatic heterocycles. The highest BCUT2D eigenvalue weighted by Gasteiger charge is 2.10. The molecule has 0 atom stereocenters. The van der Waals surface area contributed by atoms with Crippen molar-refractivity contribution in [1.82, 2.24) is 5.32 Å². The minimum absolute atomic E-state index is 0.716. The van der Waals surface area contributed by atoms with Gasteiger partial charge in [0.05, 0.1) is 6.61 Å². The zero-order valence-electron chi connectivity index (χ0n) is 12.6. The molecule has 1 aliphatic carbocycles. The lowest BCUT2D eigenvalue weighted by molar-refractivity contribution is 0.132. The molecule has 1 aromatic rings. The van der Waals surface area contributed by atoms with E-state index < -0.39 is 0 Å². The van der Waals surface area contributed by atoms with E-state index in [9.17, 15) is 0 Å². The molecule has 1 aromatic carbocycles. The van der Waals surface area contributed by atoms with Gasteiger partial charge >= 0.3 is 0 Å². The van der Waals surface area contributed by atoms with Gasteiger partial charge in [-0.3, -0.25) is 0 Å². The second kappa shape index (κ2) is 8.98. The number of hydrogen-bond donors (Lipinski definition) is 1. The third-order valence-corrected chi connectivity index (χ3v) is 3.68. The van der Waals surface area contributed by atoms with Gasteiger partial charge < -0.3 is 14.8 Å². The zero-order chi connectivity index (χ0) is 14.0. The second-order valence-electron chi connectivity index (χ2n) is 5.35. The van der Waals surface area contributed by atoms with E-state index in [1.807, 2.05) is 0 Å².